The van der Waals surface area contributed by atoms with E-state index in [1.165, 1.54) is 76.9 Å². The fourth-order valence-electron chi connectivity index (χ4n) is 7.73. The molecule has 0 unspecified atom stereocenters. The molecule has 0 saturated heterocycles. The standard InChI is InChI=1S/C27H18Br2.C24H18N2/c1-17-6-15-24-25(16-17)27(19-9-13-21(29)14-10-19)23-5-3-2-4-22(23)26(24)18-7-11-20(28)12-8-18;1-2-8-18(9-3-1)25-19-14-16-20(17-15-19)26-23-12-6-4-10-21(23)22-11-5-7-13-24(22)26/h2-16H,1H3;1-17,25H. The summed E-state index contributed by atoms with van der Waals surface area (Å²) in [5.74, 6) is 0. The van der Waals surface area contributed by atoms with Crippen molar-refractivity contribution in [3.8, 4) is 27.9 Å². The molecule has 0 bridgehead atoms. The van der Waals surface area contributed by atoms with Gasteiger partial charge in [0.15, 0.2) is 0 Å². The largest absolute Gasteiger partial charge is 0.356 e. The Morgan fingerprint density at radius 1 is 0.382 bits per heavy atom. The van der Waals surface area contributed by atoms with E-state index in [9.17, 15) is 0 Å². The monoisotopic (exact) mass is 834 g/mol. The highest BCUT2D eigenvalue weighted by Gasteiger charge is 2.17. The molecule has 264 valence electrons. The lowest BCUT2D eigenvalue weighted by Gasteiger charge is -2.18. The van der Waals surface area contributed by atoms with Crippen LogP contribution >= 0.6 is 31.9 Å². The minimum absolute atomic E-state index is 1.08. The van der Waals surface area contributed by atoms with Crippen molar-refractivity contribution in [2.75, 3.05) is 5.32 Å². The number of nitrogens with one attached hydrogen (secondary N) is 1. The molecule has 2 nitrogen and oxygen atoms in total. The molecular weight excluding hydrogens is 800 g/mol. The van der Waals surface area contributed by atoms with Crippen LogP contribution in [0.2, 0.25) is 0 Å². The van der Waals surface area contributed by atoms with Crippen LogP contribution in [-0.2, 0) is 0 Å². The van der Waals surface area contributed by atoms with Crippen molar-refractivity contribution in [3.05, 3.63) is 209 Å². The zero-order valence-corrected chi connectivity index (χ0v) is 33.4. The van der Waals surface area contributed by atoms with Gasteiger partial charge >= 0.3 is 0 Å². The van der Waals surface area contributed by atoms with E-state index in [1.807, 2.05) is 18.2 Å². The summed E-state index contributed by atoms with van der Waals surface area (Å²) < 4.78 is 4.52. The van der Waals surface area contributed by atoms with E-state index < -0.39 is 0 Å². The van der Waals surface area contributed by atoms with E-state index in [1.54, 1.807) is 0 Å². The molecule has 0 fully saturated rings. The third-order valence-corrected chi connectivity index (χ3v) is 11.3. The second-order valence-corrected chi connectivity index (χ2v) is 15.6. The van der Waals surface area contributed by atoms with Crippen LogP contribution < -0.4 is 5.32 Å². The topological polar surface area (TPSA) is 17.0 Å². The van der Waals surface area contributed by atoms with Crippen molar-refractivity contribution in [1.29, 1.82) is 0 Å². The number of hydrogen-bond acceptors (Lipinski definition) is 1. The third kappa shape index (κ3) is 6.84. The smallest absolute Gasteiger partial charge is 0.0541 e. The number of para-hydroxylation sites is 3. The van der Waals surface area contributed by atoms with Gasteiger partial charge in [0.25, 0.3) is 0 Å². The predicted octanol–water partition coefficient (Wildman–Crippen LogP) is 15.7. The highest BCUT2D eigenvalue weighted by Crippen LogP contribution is 2.44. The van der Waals surface area contributed by atoms with E-state index in [-0.39, 0.29) is 0 Å². The summed E-state index contributed by atoms with van der Waals surface area (Å²) in [6.45, 7) is 2.17. The van der Waals surface area contributed by atoms with E-state index in [4.69, 9.17) is 0 Å². The number of hydrogen-bond donors (Lipinski definition) is 1. The van der Waals surface area contributed by atoms with Crippen molar-refractivity contribution < 1.29 is 0 Å². The van der Waals surface area contributed by atoms with Crippen molar-refractivity contribution in [3.63, 3.8) is 0 Å². The van der Waals surface area contributed by atoms with Gasteiger partial charge in [-0.2, -0.15) is 0 Å². The van der Waals surface area contributed by atoms with Crippen LogP contribution in [0.15, 0.2) is 203 Å². The van der Waals surface area contributed by atoms with Crippen LogP contribution in [0.3, 0.4) is 0 Å². The molecule has 0 saturated carbocycles. The van der Waals surface area contributed by atoms with Crippen molar-refractivity contribution in [1.82, 2.24) is 4.57 Å². The quantitative estimate of drug-likeness (QED) is 0.171. The molecule has 10 rings (SSSR count). The number of benzene rings is 9. The van der Waals surface area contributed by atoms with Gasteiger partial charge in [0, 0.05) is 36.8 Å². The molecule has 0 atom stereocenters. The molecule has 0 radical (unpaired) electrons. The van der Waals surface area contributed by atoms with Gasteiger partial charge in [-0.15, -0.1) is 0 Å². The lowest BCUT2D eigenvalue weighted by atomic mass is 9.85. The van der Waals surface area contributed by atoms with Gasteiger partial charge in [-0.05, 0) is 124 Å². The normalized spacial score (nSPS) is 11.2. The Labute approximate surface area is 338 Å². The maximum absolute atomic E-state index is 3.57. The Morgan fingerprint density at radius 2 is 0.818 bits per heavy atom. The lowest BCUT2D eigenvalue weighted by Crippen LogP contribution is -1.95. The summed E-state index contributed by atoms with van der Waals surface area (Å²) in [7, 11) is 0. The van der Waals surface area contributed by atoms with Crippen molar-refractivity contribution >= 4 is 86.6 Å². The van der Waals surface area contributed by atoms with Crippen LogP contribution in [0.1, 0.15) is 5.56 Å². The molecule has 1 N–H and O–H groups in total. The van der Waals surface area contributed by atoms with E-state index >= 15 is 0 Å². The molecule has 9 aromatic carbocycles. The van der Waals surface area contributed by atoms with Crippen LogP contribution in [0, 0.1) is 6.92 Å². The SMILES string of the molecule is Cc1ccc2c(-c3ccc(Br)cc3)c3ccccc3c(-c3ccc(Br)cc3)c2c1.c1ccc(Nc2ccc(-n3c4ccccc4c4ccccc43)cc2)cc1. The Balaban J connectivity index is 0.000000145. The van der Waals surface area contributed by atoms with E-state index in [0.29, 0.717) is 0 Å². The summed E-state index contributed by atoms with van der Waals surface area (Å²) in [5, 5.41) is 11.2. The zero-order chi connectivity index (χ0) is 37.3. The maximum Gasteiger partial charge on any atom is 0.0541 e. The number of fused-ring (bicyclic) bond motifs is 5. The number of aromatic nitrogens is 1. The first kappa shape index (κ1) is 34.8. The molecule has 1 heterocycles. The summed E-state index contributed by atoms with van der Waals surface area (Å²) in [6.07, 6.45) is 0. The Kier molecular flexibility index (Phi) is 9.53. The third-order valence-electron chi connectivity index (χ3n) is 10.2. The first-order valence-corrected chi connectivity index (χ1v) is 20.0. The van der Waals surface area contributed by atoms with E-state index in [2.05, 4.69) is 225 Å². The first-order chi connectivity index (χ1) is 27.0. The molecule has 0 aliphatic rings. The molecule has 0 aliphatic carbocycles. The van der Waals surface area contributed by atoms with Gasteiger partial charge in [0.2, 0.25) is 0 Å². The van der Waals surface area contributed by atoms with Crippen molar-refractivity contribution in [2.24, 2.45) is 0 Å². The zero-order valence-electron chi connectivity index (χ0n) is 30.2. The van der Waals surface area contributed by atoms with Gasteiger partial charge in [0.05, 0.1) is 11.0 Å². The highest BCUT2D eigenvalue weighted by molar-refractivity contribution is 9.10. The lowest BCUT2D eigenvalue weighted by molar-refractivity contribution is 1.18. The molecule has 4 heteroatoms. The van der Waals surface area contributed by atoms with Gasteiger partial charge in [-0.3, -0.25) is 0 Å². The number of rotatable bonds is 5. The molecular formula is C51H36Br2N2. The fraction of sp³-hybridized carbons (Fsp3) is 0.0196. The van der Waals surface area contributed by atoms with Crippen LogP contribution in [0.4, 0.5) is 11.4 Å². The summed E-state index contributed by atoms with van der Waals surface area (Å²) in [5.41, 5.74) is 12.2. The number of nitrogens with zero attached hydrogens (tertiary/aromatic N) is 1. The van der Waals surface area contributed by atoms with Gasteiger partial charge in [-0.1, -0.05) is 159 Å². The molecule has 10 aromatic rings. The maximum atomic E-state index is 3.57. The molecule has 0 spiro atoms. The Hall–Kier alpha value is -5.94. The highest BCUT2D eigenvalue weighted by atomic mass is 79.9. The molecule has 1 aromatic heterocycles. The van der Waals surface area contributed by atoms with E-state index in [0.717, 1.165) is 20.3 Å². The average Bonchev–Trinajstić information content (AvgIpc) is 3.56. The predicted molar refractivity (Wildman–Crippen MR) is 243 cm³/mol. The minimum Gasteiger partial charge on any atom is -0.356 e. The molecule has 0 aliphatic heterocycles. The van der Waals surface area contributed by atoms with Gasteiger partial charge in [-0.25, -0.2) is 0 Å². The minimum atomic E-state index is 1.08. The van der Waals surface area contributed by atoms with Gasteiger partial charge < -0.3 is 9.88 Å². The number of aryl methyl sites for hydroxylation is 1. The fourth-order valence-corrected chi connectivity index (χ4v) is 8.26. The summed E-state index contributed by atoms with van der Waals surface area (Å²) >= 11 is 7.14. The van der Waals surface area contributed by atoms with Crippen molar-refractivity contribution in [2.45, 2.75) is 6.92 Å². The van der Waals surface area contributed by atoms with Gasteiger partial charge in [0.1, 0.15) is 0 Å². The summed E-state index contributed by atoms with van der Waals surface area (Å²) in [4.78, 5) is 0. The number of anilines is 2. The molecule has 0 amide bonds. The number of halogens is 2. The first-order valence-electron chi connectivity index (χ1n) is 18.4. The van der Waals surface area contributed by atoms with Crippen LogP contribution in [-0.4, -0.2) is 4.57 Å². The van der Waals surface area contributed by atoms with Crippen LogP contribution in [0.5, 0.6) is 0 Å². The average molecular weight is 837 g/mol. The second-order valence-electron chi connectivity index (χ2n) is 13.8. The second kappa shape index (κ2) is 15.1. The summed E-state index contributed by atoms with van der Waals surface area (Å²) in [6, 6.07) is 68.9. The van der Waals surface area contributed by atoms with Crippen LogP contribution in [0.25, 0.3) is 71.3 Å². The Bertz CT molecular complexity index is 2890. The Morgan fingerprint density at radius 3 is 1.36 bits per heavy atom. The molecule has 55 heavy (non-hydrogen) atoms.